The van der Waals surface area contributed by atoms with E-state index in [4.69, 9.17) is 16.7 Å². The summed E-state index contributed by atoms with van der Waals surface area (Å²) in [5, 5.41) is 12.2. The van der Waals surface area contributed by atoms with Crippen LogP contribution in [0.4, 0.5) is 5.69 Å². The average molecular weight is 313 g/mol. The van der Waals surface area contributed by atoms with E-state index in [9.17, 15) is 9.59 Å². The Balaban J connectivity index is 2.51. The van der Waals surface area contributed by atoms with Crippen LogP contribution in [0.25, 0.3) is 0 Å². The van der Waals surface area contributed by atoms with E-state index in [0.29, 0.717) is 17.3 Å². The molecule has 2 N–H and O–H groups in total. The normalized spacial score (nSPS) is 12.2. The highest BCUT2D eigenvalue weighted by molar-refractivity contribution is 6.30. The van der Waals surface area contributed by atoms with E-state index in [1.54, 1.807) is 29.2 Å². The van der Waals surface area contributed by atoms with Crippen LogP contribution in [-0.4, -0.2) is 41.0 Å². The maximum Gasteiger partial charge on any atom is 0.317 e. The average Bonchev–Trinajstić information content (AvgIpc) is 2.42. The largest absolute Gasteiger partial charge is 0.480 e. The molecule has 0 aromatic heterocycles. The van der Waals surface area contributed by atoms with Gasteiger partial charge in [0.25, 0.3) is 0 Å². The first-order chi connectivity index (χ1) is 9.92. The van der Waals surface area contributed by atoms with E-state index >= 15 is 0 Å². The Morgan fingerprint density at radius 1 is 1.43 bits per heavy atom. The molecule has 0 spiro atoms. The third-order valence-corrected chi connectivity index (χ3v) is 3.52. The zero-order valence-corrected chi connectivity index (χ0v) is 13.1. The Kier molecular flexibility index (Phi) is 7.19. The summed E-state index contributed by atoms with van der Waals surface area (Å²) in [5.41, 5.74) is 0.640. The number of carbonyl (C=O) groups is 2. The first-order valence-corrected chi connectivity index (χ1v) is 7.31. The van der Waals surface area contributed by atoms with Gasteiger partial charge in [0, 0.05) is 29.7 Å². The first kappa shape index (κ1) is 17.5. The summed E-state index contributed by atoms with van der Waals surface area (Å²) in [6, 6.07) is 7.04. The lowest BCUT2D eigenvalue weighted by atomic mass is 10.2. The summed E-state index contributed by atoms with van der Waals surface area (Å²) < 4.78 is 0. The van der Waals surface area contributed by atoms with Gasteiger partial charge in [0.2, 0.25) is 5.91 Å². The fourth-order valence-electron chi connectivity index (χ4n) is 1.92. The summed E-state index contributed by atoms with van der Waals surface area (Å²) in [4.78, 5) is 24.5. The van der Waals surface area contributed by atoms with Gasteiger partial charge < -0.3 is 10.4 Å². The summed E-state index contributed by atoms with van der Waals surface area (Å²) in [5.74, 6) is -1.04. The number of carboxylic acid groups (broad SMARTS) is 1. The molecule has 0 saturated carbocycles. The van der Waals surface area contributed by atoms with E-state index < -0.39 is 5.97 Å². The van der Waals surface area contributed by atoms with Crippen molar-refractivity contribution in [1.29, 1.82) is 0 Å². The van der Waals surface area contributed by atoms with E-state index in [1.165, 1.54) is 0 Å². The van der Waals surface area contributed by atoms with Crippen molar-refractivity contribution in [2.45, 2.75) is 32.7 Å². The topological polar surface area (TPSA) is 69.6 Å². The molecule has 0 radical (unpaired) electrons. The van der Waals surface area contributed by atoms with Gasteiger partial charge in [-0.2, -0.15) is 0 Å². The van der Waals surface area contributed by atoms with Gasteiger partial charge in [-0.15, -0.1) is 0 Å². The SMILES string of the molecule is CCC(C)N(CCC(=O)Nc1cccc(Cl)c1)CC(=O)O. The maximum absolute atomic E-state index is 11.9. The molecule has 1 atom stereocenters. The smallest absolute Gasteiger partial charge is 0.317 e. The molecular weight excluding hydrogens is 292 g/mol. The van der Waals surface area contributed by atoms with Gasteiger partial charge in [0.15, 0.2) is 0 Å². The minimum atomic E-state index is -0.884. The number of amides is 1. The Morgan fingerprint density at radius 3 is 2.71 bits per heavy atom. The Labute approximate surface area is 129 Å². The summed E-state index contributed by atoms with van der Waals surface area (Å²) >= 11 is 5.85. The summed E-state index contributed by atoms with van der Waals surface area (Å²) in [7, 11) is 0. The summed E-state index contributed by atoms with van der Waals surface area (Å²) in [6.45, 7) is 4.30. The Hall–Kier alpha value is -1.59. The van der Waals surface area contributed by atoms with E-state index in [0.717, 1.165) is 6.42 Å². The zero-order valence-electron chi connectivity index (χ0n) is 12.3. The number of nitrogens with zero attached hydrogens (tertiary/aromatic N) is 1. The molecule has 0 fully saturated rings. The lowest BCUT2D eigenvalue weighted by Crippen LogP contribution is -2.39. The van der Waals surface area contributed by atoms with Crippen molar-refractivity contribution in [2.24, 2.45) is 0 Å². The number of carbonyl (C=O) groups excluding carboxylic acids is 1. The molecule has 0 bridgehead atoms. The van der Waals surface area contributed by atoms with Crippen molar-refractivity contribution in [2.75, 3.05) is 18.4 Å². The maximum atomic E-state index is 11.9. The standard InChI is InChI=1S/C15H21ClN2O3/c1-3-11(2)18(10-15(20)21)8-7-14(19)17-13-6-4-5-12(16)9-13/h4-6,9,11H,3,7-8,10H2,1-2H3,(H,17,19)(H,20,21). The molecule has 5 nitrogen and oxygen atoms in total. The Morgan fingerprint density at radius 2 is 2.14 bits per heavy atom. The van der Waals surface area contributed by atoms with Crippen molar-refractivity contribution >= 4 is 29.2 Å². The lowest BCUT2D eigenvalue weighted by Gasteiger charge is -2.26. The number of carboxylic acids is 1. The van der Waals surface area contributed by atoms with Gasteiger partial charge in [-0.25, -0.2) is 0 Å². The molecule has 0 heterocycles. The predicted molar refractivity (Wildman–Crippen MR) is 83.7 cm³/mol. The van der Waals surface area contributed by atoms with Crippen LogP contribution in [0.3, 0.4) is 0 Å². The molecule has 0 aliphatic carbocycles. The molecular formula is C15H21ClN2O3. The molecule has 1 rings (SSSR count). The first-order valence-electron chi connectivity index (χ1n) is 6.93. The Bertz CT molecular complexity index is 494. The van der Waals surface area contributed by atoms with Crippen LogP contribution in [0.5, 0.6) is 0 Å². The van der Waals surface area contributed by atoms with Gasteiger partial charge in [-0.3, -0.25) is 14.5 Å². The van der Waals surface area contributed by atoms with Gasteiger partial charge in [-0.1, -0.05) is 24.6 Å². The minimum absolute atomic E-state index is 0.0561. The van der Waals surface area contributed by atoms with Crippen LogP contribution in [0.1, 0.15) is 26.7 Å². The number of hydrogen-bond donors (Lipinski definition) is 2. The third kappa shape index (κ3) is 6.60. The molecule has 1 unspecified atom stereocenters. The molecule has 6 heteroatoms. The van der Waals surface area contributed by atoms with Crippen molar-refractivity contribution in [3.63, 3.8) is 0 Å². The number of aliphatic carboxylic acids is 1. The van der Waals surface area contributed by atoms with Crippen LogP contribution in [0, 0.1) is 0 Å². The van der Waals surface area contributed by atoms with Crippen LogP contribution in [-0.2, 0) is 9.59 Å². The van der Waals surface area contributed by atoms with Crippen LogP contribution in [0.2, 0.25) is 5.02 Å². The van der Waals surface area contributed by atoms with Crippen molar-refractivity contribution in [1.82, 2.24) is 4.90 Å². The number of hydrogen-bond acceptors (Lipinski definition) is 3. The van der Waals surface area contributed by atoms with Gasteiger partial charge >= 0.3 is 5.97 Å². The highest BCUT2D eigenvalue weighted by atomic mass is 35.5. The van der Waals surface area contributed by atoms with Gasteiger partial charge in [-0.05, 0) is 31.5 Å². The van der Waals surface area contributed by atoms with E-state index in [2.05, 4.69) is 5.32 Å². The number of anilines is 1. The van der Waals surface area contributed by atoms with E-state index in [1.807, 2.05) is 13.8 Å². The van der Waals surface area contributed by atoms with Gasteiger partial charge in [0.1, 0.15) is 0 Å². The third-order valence-electron chi connectivity index (χ3n) is 3.29. The second kappa shape index (κ2) is 8.64. The molecule has 1 aromatic rings. The number of rotatable bonds is 8. The highest BCUT2D eigenvalue weighted by Crippen LogP contribution is 2.15. The fraction of sp³-hybridized carbons (Fsp3) is 0.467. The van der Waals surface area contributed by atoms with Crippen molar-refractivity contribution in [3.05, 3.63) is 29.3 Å². The molecule has 0 aliphatic heterocycles. The molecule has 116 valence electrons. The second-order valence-electron chi connectivity index (χ2n) is 4.93. The number of nitrogens with one attached hydrogen (secondary N) is 1. The molecule has 1 amide bonds. The van der Waals surface area contributed by atoms with Crippen molar-refractivity contribution < 1.29 is 14.7 Å². The zero-order chi connectivity index (χ0) is 15.8. The van der Waals surface area contributed by atoms with Crippen LogP contribution < -0.4 is 5.32 Å². The summed E-state index contributed by atoms with van der Waals surface area (Å²) in [6.07, 6.45) is 1.08. The van der Waals surface area contributed by atoms with Crippen LogP contribution >= 0.6 is 11.6 Å². The minimum Gasteiger partial charge on any atom is -0.480 e. The number of benzene rings is 1. The molecule has 21 heavy (non-hydrogen) atoms. The lowest BCUT2D eigenvalue weighted by molar-refractivity contribution is -0.139. The predicted octanol–water partition coefficient (Wildman–Crippen LogP) is 2.85. The number of halogens is 1. The monoisotopic (exact) mass is 312 g/mol. The highest BCUT2D eigenvalue weighted by Gasteiger charge is 2.16. The van der Waals surface area contributed by atoms with Crippen molar-refractivity contribution in [3.8, 4) is 0 Å². The van der Waals surface area contributed by atoms with Gasteiger partial charge in [0.05, 0.1) is 6.54 Å². The van der Waals surface area contributed by atoms with Crippen LogP contribution in [0.15, 0.2) is 24.3 Å². The fourth-order valence-corrected chi connectivity index (χ4v) is 2.11. The molecule has 0 saturated heterocycles. The molecule has 1 aromatic carbocycles. The quantitative estimate of drug-likeness (QED) is 0.774. The molecule has 0 aliphatic rings. The second-order valence-corrected chi connectivity index (χ2v) is 5.37. The van der Waals surface area contributed by atoms with E-state index in [-0.39, 0.29) is 24.9 Å².